The van der Waals surface area contributed by atoms with Crippen molar-refractivity contribution >= 4 is 46.8 Å². The summed E-state index contributed by atoms with van der Waals surface area (Å²) >= 11 is 10.7. The molecule has 0 radical (unpaired) electrons. The van der Waals surface area contributed by atoms with Crippen LogP contribution < -0.4 is 15.4 Å². The fourth-order valence-corrected chi connectivity index (χ4v) is 2.00. The van der Waals surface area contributed by atoms with Crippen LogP contribution in [0.15, 0.2) is 23.8 Å². The molecule has 2 rings (SSSR count). The fourth-order valence-electron chi connectivity index (χ4n) is 1.55. The van der Waals surface area contributed by atoms with Gasteiger partial charge in [0.05, 0.1) is 12.1 Å². The number of carbonyl (C=O) groups is 2. The largest absolute Gasteiger partial charge is 0.495 e. The third-order valence-corrected chi connectivity index (χ3v) is 2.93. The van der Waals surface area contributed by atoms with E-state index in [0.29, 0.717) is 16.3 Å². The van der Waals surface area contributed by atoms with Gasteiger partial charge in [-0.25, -0.2) is 0 Å². The minimum absolute atomic E-state index is 0.0000803. The normalized spacial score (nSPS) is 14.8. The second-order valence-corrected chi connectivity index (χ2v) is 4.50. The first kappa shape index (κ1) is 13.5. The summed E-state index contributed by atoms with van der Waals surface area (Å²) in [6, 6.07) is 4.93. The van der Waals surface area contributed by atoms with Gasteiger partial charge in [-0.1, -0.05) is 17.7 Å². The molecule has 0 saturated carbocycles. The van der Waals surface area contributed by atoms with Gasteiger partial charge in [0.2, 0.25) is 0 Å². The first-order chi connectivity index (χ1) is 9.01. The molecule has 1 heterocycles. The molecule has 1 aliphatic rings. The number of hydrogen-bond donors (Lipinski definition) is 2. The Hall–Kier alpha value is -1.92. The van der Waals surface area contributed by atoms with Gasteiger partial charge < -0.3 is 4.74 Å². The Kier molecular flexibility index (Phi) is 3.82. The highest BCUT2D eigenvalue weighted by molar-refractivity contribution is 7.80. The molecule has 1 aromatic rings. The molecule has 0 aromatic heterocycles. The van der Waals surface area contributed by atoms with Crippen LogP contribution in [0, 0.1) is 0 Å². The van der Waals surface area contributed by atoms with E-state index in [2.05, 4.69) is 10.6 Å². The molecule has 5 nitrogen and oxygen atoms in total. The van der Waals surface area contributed by atoms with Gasteiger partial charge >= 0.3 is 0 Å². The smallest absolute Gasteiger partial charge is 0.263 e. The van der Waals surface area contributed by atoms with Crippen LogP contribution in [0.25, 0.3) is 6.08 Å². The first-order valence-corrected chi connectivity index (χ1v) is 6.02. The van der Waals surface area contributed by atoms with Crippen molar-refractivity contribution in [1.82, 2.24) is 10.6 Å². The fraction of sp³-hybridized carbons (Fsp3) is 0.0833. The maximum Gasteiger partial charge on any atom is 0.263 e. The maximum absolute atomic E-state index is 11.6. The Morgan fingerprint density at radius 2 is 1.89 bits per heavy atom. The summed E-state index contributed by atoms with van der Waals surface area (Å²) in [6.45, 7) is 0. The molecule has 1 saturated heterocycles. The number of carbonyl (C=O) groups excluding carboxylic acids is 2. The number of methoxy groups -OCH3 is 1. The summed E-state index contributed by atoms with van der Waals surface area (Å²) in [5.74, 6) is -0.566. The predicted molar refractivity (Wildman–Crippen MR) is 74.9 cm³/mol. The zero-order valence-corrected chi connectivity index (χ0v) is 11.4. The van der Waals surface area contributed by atoms with E-state index >= 15 is 0 Å². The van der Waals surface area contributed by atoms with Gasteiger partial charge in [-0.15, -0.1) is 0 Å². The Morgan fingerprint density at radius 1 is 1.26 bits per heavy atom. The lowest BCUT2D eigenvalue weighted by Crippen LogP contribution is -2.51. The van der Waals surface area contributed by atoms with E-state index in [9.17, 15) is 9.59 Å². The van der Waals surface area contributed by atoms with Crippen LogP contribution in [0.3, 0.4) is 0 Å². The summed E-state index contributed by atoms with van der Waals surface area (Å²) < 4.78 is 5.02. The van der Waals surface area contributed by atoms with Gasteiger partial charge in [0, 0.05) is 0 Å². The molecule has 0 bridgehead atoms. The highest BCUT2D eigenvalue weighted by atomic mass is 35.5. The first-order valence-electron chi connectivity index (χ1n) is 5.23. The number of halogens is 1. The van der Waals surface area contributed by atoms with Crippen LogP contribution in [0.4, 0.5) is 0 Å². The second-order valence-electron chi connectivity index (χ2n) is 3.69. The highest BCUT2D eigenvalue weighted by Crippen LogP contribution is 2.26. The van der Waals surface area contributed by atoms with E-state index in [1.165, 1.54) is 13.2 Å². The summed E-state index contributed by atoms with van der Waals surface area (Å²) in [5, 5.41) is 5.10. The van der Waals surface area contributed by atoms with E-state index in [1.807, 2.05) is 0 Å². The minimum Gasteiger partial charge on any atom is -0.495 e. The molecule has 19 heavy (non-hydrogen) atoms. The number of amides is 2. The second kappa shape index (κ2) is 5.38. The van der Waals surface area contributed by atoms with Crippen LogP contribution in [0.2, 0.25) is 5.02 Å². The van der Waals surface area contributed by atoms with E-state index < -0.39 is 11.8 Å². The number of benzene rings is 1. The number of thiocarbonyl (C=S) groups is 1. The van der Waals surface area contributed by atoms with Crippen molar-refractivity contribution in [3.63, 3.8) is 0 Å². The van der Waals surface area contributed by atoms with Crippen molar-refractivity contribution in [3.05, 3.63) is 34.4 Å². The highest BCUT2D eigenvalue weighted by Gasteiger charge is 2.25. The van der Waals surface area contributed by atoms with Crippen LogP contribution in [0.5, 0.6) is 5.75 Å². The van der Waals surface area contributed by atoms with Crippen molar-refractivity contribution in [3.8, 4) is 5.75 Å². The lowest BCUT2D eigenvalue weighted by molar-refractivity contribution is -0.123. The zero-order chi connectivity index (χ0) is 14.0. The lowest BCUT2D eigenvalue weighted by atomic mass is 10.1. The Labute approximate surface area is 119 Å². The number of nitrogens with one attached hydrogen (secondary N) is 2. The van der Waals surface area contributed by atoms with Gasteiger partial charge in [0.1, 0.15) is 11.3 Å². The third-order valence-electron chi connectivity index (χ3n) is 2.43. The summed E-state index contributed by atoms with van der Waals surface area (Å²) in [7, 11) is 1.50. The van der Waals surface area contributed by atoms with Crippen LogP contribution >= 0.6 is 23.8 Å². The zero-order valence-electron chi connectivity index (χ0n) is 9.82. The van der Waals surface area contributed by atoms with Crippen LogP contribution in [0.1, 0.15) is 5.56 Å². The molecular formula is C12H9ClN2O3S. The Morgan fingerprint density at radius 3 is 2.42 bits per heavy atom. The molecule has 0 unspecified atom stereocenters. The summed E-state index contributed by atoms with van der Waals surface area (Å²) in [4.78, 5) is 23.3. The third kappa shape index (κ3) is 2.91. The van der Waals surface area contributed by atoms with Crippen LogP contribution in [-0.4, -0.2) is 24.0 Å². The molecule has 98 valence electrons. The van der Waals surface area contributed by atoms with Gasteiger partial charge in [0.15, 0.2) is 5.11 Å². The molecule has 1 fully saturated rings. The lowest BCUT2D eigenvalue weighted by Gasteiger charge is -2.16. The molecular weight excluding hydrogens is 288 g/mol. The number of ether oxygens (including phenoxy) is 1. The SMILES string of the molecule is COc1ccc(C=C2C(=O)NC(=S)NC2=O)cc1Cl. The molecule has 2 N–H and O–H groups in total. The average Bonchev–Trinajstić information content (AvgIpc) is 2.34. The van der Waals surface area contributed by atoms with E-state index in [4.69, 9.17) is 28.6 Å². The Balaban J connectivity index is 2.35. The van der Waals surface area contributed by atoms with E-state index in [-0.39, 0.29) is 10.7 Å². The van der Waals surface area contributed by atoms with Gasteiger partial charge in [-0.05, 0) is 36.0 Å². The monoisotopic (exact) mass is 296 g/mol. The van der Waals surface area contributed by atoms with Crippen molar-refractivity contribution in [2.45, 2.75) is 0 Å². The molecule has 0 spiro atoms. The van der Waals surface area contributed by atoms with Crippen LogP contribution in [-0.2, 0) is 9.59 Å². The van der Waals surface area contributed by atoms with Gasteiger partial charge in [-0.2, -0.15) is 0 Å². The molecule has 7 heteroatoms. The number of rotatable bonds is 2. The summed E-state index contributed by atoms with van der Waals surface area (Å²) in [6.07, 6.45) is 1.43. The Bertz CT molecular complexity index is 591. The topological polar surface area (TPSA) is 67.4 Å². The standard InChI is InChI=1S/C12H9ClN2O3S/c1-18-9-3-2-6(5-8(9)13)4-7-10(16)14-12(19)15-11(7)17/h2-5H,1H3,(H2,14,15,16,17,19). The molecule has 1 aliphatic heterocycles. The van der Waals surface area contributed by atoms with Gasteiger partial charge in [0.25, 0.3) is 11.8 Å². The van der Waals surface area contributed by atoms with E-state index in [0.717, 1.165) is 0 Å². The van der Waals surface area contributed by atoms with Crippen molar-refractivity contribution in [2.24, 2.45) is 0 Å². The number of hydrogen-bond acceptors (Lipinski definition) is 4. The predicted octanol–water partition coefficient (Wildman–Crippen LogP) is 1.26. The molecule has 0 aliphatic carbocycles. The van der Waals surface area contributed by atoms with Crippen molar-refractivity contribution in [2.75, 3.05) is 7.11 Å². The molecule has 0 atom stereocenters. The maximum atomic E-state index is 11.6. The average molecular weight is 297 g/mol. The van der Waals surface area contributed by atoms with E-state index in [1.54, 1.807) is 18.2 Å². The van der Waals surface area contributed by atoms with Gasteiger partial charge in [-0.3, -0.25) is 20.2 Å². The van der Waals surface area contributed by atoms with Crippen molar-refractivity contribution in [1.29, 1.82) is 0 Å². The molecule has 2 amide bonds. The van der Waals surface area contributed by atoms with Crippen molar-refractivity contribution < 1.29 is 14.3 Å². The summed E-state index contributed by atoms with van der Waals surface area (Å²) in [5.41, 5.74) is 0.578. The minimum atomic E-state index is -0.541. The molecule has 1 aromatic carbocycles. The quantitative estimate of drug-likeness (QED) is 0.490.